The van der Waals surface area contributed by atoms with Gasteiger partial charge in [0.25, 0.3) is 0 Å². The first kappa shape index (κ1) is 12.1. The highest BCUT2D eigenvalue weighted by molar-refractivity contribution is 9.10. The second-order valence-corrected chi connectivity index (χ2v) is 5.38. The Bertz CT molecular complexity index is 501. The average molecular weight is 293 g/mol. The molecule has 1 aromatic carbocycles. The largest absolute Gasteiger partial charge is 0.324 e. The molecule has 1 fully saturated rings. The Labute approximate surface area is 109 Å². The van der Waals surface area contributed by atoms with E-state index in [0.29, 0.717) is 12.8 Å². The molecule has 1 saturated carbocycles. The standard InChI is InChI=1S/C13H13BrN2O/c1-9-3-4-10(14)7-11(9)16-12(17)13(8-15)5-2-6-13/h3-4,7H,2,5-6H2,1H3,(H,16,17). The molecular formula is C13H13BrN2O. The summed E-state index contributed by atoms with van der Waals surface area (Å²) >= 11 is 3.37. The number of carbonyl (C=O) groups is 1. The highest BCUT2D eigenvalue weighted by Gasteiger charge is 2.44. The van der Waals surface area contributed by atoms with Gasteiger partial charge in [-0.3, -0.25) is 4.79 Å². The topological polar surface area (TPSA) is 52.9 Å². The van der Waals surface area contributed by atoms with Gasteiger partial charge in [-0.25, -0.2) is 0 Å². The maximum Gasteiger partial charge on any atom is 0.244 e. The number of carbonyl (C=O) groups excluding carboxylic acids is 1. The van der Waals surface area contributed by atoms with Crippen molar-refractivity contribution in [2.24, 2.45) is 5.41 Å². The number of nitrogens with zero attached hydrogens (tertiary/aromatic N) is 1. The Morgan fingerprint density at radius 3 is 2.76 bits per heavy atom. The van der Waals surface area contributed by atoms with E-state index >= 15 is 0 Å². The zero-order chi connectivity index (χ0) is 12.5. The van der Waals surface area contributed by atoms with Gasteiger partial charge in [-0.2, -0.15) is 5.26 Å². The van der Waals surface area contributed by atoms with Gasteiger partial charge in [-0.1, -0.05) is 22.0 Å². The van der Waals surface area contributed by atoms with Crippen LogP contribution >= 0.6 is 15.9 Å². The molecule has 0 bridgehead atoms. The maximum absolute atomic E-state index is 12.1. The predicted octanol–water partition coefficient (Wildman–Crippen LogP) is 3.39. The Balaban J connectivity index is 2.19. The first-order valence-corrected chi connectivity index (χ1v) is 6.35. The van der Waals surface area contributed by atoms with E-state index in [0.717, 1.165) is 22.1 Å². The average Bonchev–Trinajstić information content (AvgIpc) is 2.23. The van der Waals surface area contributed by atoms with Crippen molar-refractivity contribution < 1.29 is 4.79 Å². The smallest absolute Gasteiger partial charge is 0.244 e. The zero-order valence-electron chi connectivity index (χ0n) is 9.59. The third-order valence-electron chi connectivity index (χ3n) is 3.30. The first-order valence-electron chi connectivity index (χ1n) is 5.56. The normalized spacial score (nSPS) is 16.8. The number of anilines is 1. The van der Waals surface area contributed by atoms with Crippen molar-refractivity contribution in [1.82, 2.24) is 0 Å². The summed E-state index contributed by atoms with van der Waals surface area (Å²) in [5.74, 6) is -0.174. The van der Waals surface area contributed by atoms with Crippen LogP contribution in [-0.2, 0) is 4.79 Å². The van der Waals surface area contributed by atoms with Crippen molar-refractivity contribution in [2.75, 3.05) is 5.32 Å². The molecule has 1 aliphatic carbocycles. The van der Waals surface area contributed by atoms with Gasteiger partial charge in [0.1, 0.15) is 5.41 Å². The van der Waals surface area contributed by atoms with E-state index in [1.165, 1.54) is 0 Å². The summed E-state index contributed by atoms with van der Waals surface area (Å²) in [7, 11) is 0. The van der Waals surface area contributed by atoms with Gasteiger partial charge in [-0.15, -0.1) is 0 Å². The summed E-state index contributed by atoms with van der Waals surface area (Å²) in [6.45, 7) is 1.93. The molecular weight excluding hydrogens is 280 g/mol. The summed E-state index contributed by atoms with van der Waals surface area (Å²) in [5, 5.41) is 11.9. The minimum atomic E-state index is -0.797. The van der Waals surface area contributed by atoms with E-state index in [2.05, 4.69) is 27.3 Å². The zero-order valence-corrected chi connectivity index (χ0v) is 11.2. The Kier molecular flexibility index (Phi) is 3.21. The van der Waals surface area contributed by atoms with Crippen molar-refractivity contribution in [2.45, 2.75) is 26.2 Å². The molecule has 1 N–H and O–H groups in total. The third kappa shape index (κ3) is 2.20. The molecule has 0 aliphatic heterocycles. The number of aryl methyl sites for hydroxylation is 1. The third-order valence-corrected chi connectivity index (χ3v) is 3.80. The van der Waals surface area contributed by atoms with Crippen LogP contribution in [0.4, 0.5) is 5.69 Å². The van der Waals surface area contributed by atoms with Crippen LogP contribution in [0.1, 0.15) is 24.8 Å². The van der Waals surface area contributed by atoms with Crippen LogP contribution in [0.2, 0.25) is 0 Å². The predicted molar refractivity (Wildman–Crippen MR) is 69.4 cm³/mol. The van der Waals surface area contributed by atoms with Crippen molar-refractivity contribution >= 4 is 27.5 Å². The quantitative estimate of drug-likeness (QED) is 0.908. The molecule has 0 atom stereocenters. The van der Waals surface area contributed by atoms with Gasteiger partial charge in [0.05, 0.1) is 6.07 Å². The minimum Gasteiger partial charge on any atom is -0.324 e. The molecule has 1 amide bonds. The molecule has 1 aliphatic rings. The van der Waals surface area contributed by atoms with Crippen molar-refractivity contribution in [3.05, 3.63) is 28.2 Å². The van der Waals surface area contributed by atoms with Crippen LogP contribution in [-0.4, -0.2) is 5.91 Å². The van der Waals surface area contributed by atoms with Crippen LogP contribution in [0.5, 0.6) is 0 Å². The van der Waals surface area contributed by atoms with Gasteiger partial charge >= 0.3 is 0 Å². The van der Waals surface area contributed by atoms with Gasteiger partial charge in [-0.05, 0) is 43.9 Å². The molecule has 0 radical (unpaired) electrons. The van der Waals surface area contributed by atoms with Crippen molar-refractivity contribution in [1.29, 1.82) is 5.26 Å². The summed E-state index contributed by atoms with van der Waals surface area (Å²) in [5.41, 5.74) is 0.967. The highest BCUT2D eigenvalue weighted by Crippen LogP contribution is 2.41. The van der Waals surface area contributed by atoms with E-state index in [4.69, 9.17) is 5.26 Å². The molecule has 88 valence electrons. The van der Waals surface area contributed by atoms with Crippen LogP contribution in [0.25, 0.3) is 0 Å². The summed E-state index contributed by atoms with van der Waals surface area (Å²) in [6.07, 6.45) is 2.29. The lowest BCUT2D eigenvalue weighted by molar-refractivity contribution is -0.126. The number of rotatable bonds is 2. The Morgan fingerprint density at radius 2 is 2.24 bits per heavy atom. The highest BCUT2D eigenvalue weighted by atomic mass is 79.9. The Morgan fingerprint density at radius 1 is 1.53 bits per heavy atom. The van der Waals surface area contributed by atoms with Crippen LogP contribution in [0, 0.1) is 23.7 Å². The summed E-state index contributed by atoms with van der Waals surface area (Å²) < 4.78 is 0.915. The molecule has 4 heteroatoms. The number of hydrogen-bond acceptors (Lipinski definition) is 2. The number of amides is 1. The Hall–Kier alpha value is -1.34. The van der Waals surface area contributed by atoms with Crippen molar-refractivity contribution in [3.8, 4) is 6.07 Å². The van der Waals surface area contributed by atoms with Gasteiger partial charge < -0.3 is 5.32 Å². The molecule has 17 heavy (non-hydrogen) atoms. The molecule has 0 unspecified atom stereocenters. The fraction of sp³-hybridized carbons (Fsp3) is 0.385. The van der Waals surface area contributed by atoms with E-state index in [1.54, 1.807) is 0 Å². The van der Waals surface area contributed by atoms with Crippen LogP contribution < -0.4 is 5.32 Å². The van der Waals surface area contributed by atoms with E-state index < -0.39 is 5.41 Å². The van der Waals surface area contributed by atoms with E-state index in [1.807, 2.05) is 25.1 Å². The van der Waals surface area contributed by atoms with Gasteiger partial charge in [0.15, 0.2) is 0 Å². The monoisotopic (exact) mass is 292 g/mol. The minimum absolute atomic E-state index is 0.174. The van der Waals surface area contributed by atoms with Crippen LogP contribution in [0.15, 0.2) is 22.7 Å². The molecule has 1 aromatic rings. The molecule has 0 saturated heterocycles. The second-order valence-electron chi connectivity index (χ2n) is 4.46. The van der Waals surface area contributed by atoms with Gasteiger partial charge in [0, 0.05) is 10.2 Å². The molecule has 0 aromatic heterocycles. The molecule has 0 spiro atoms. The molecule has 0 heterocycles. The number of nitriles is 1. The second kappa shape index (κ2) is 4.50. The first-order chi connectivity index (χ1) is 8.07. The lowest BCUT2D eigenvalue weighted by Gasteiger charge is -2.33. The fourth-order valence-corrected chi connectivity index (χ4v) is 2.25. The number of benzene rings is 1. The summed E-state index contributed by atoms with van der Waals surface area (Å²) in [4.78, 5) is 12.1. The molecule has 2 rings (SSSR count). The maximum atomic E-state index is 12.1. The number of nitrogens with one attached hydrogen (secondary N) is 1. The SMILES string of the molecule is Cc1ccc(Br)cc1NC(=O)C1(C#N)CCC1. The molecule has 3 nitrogen and oxygen atoms in total. The number of hydrogen-bond donors (Lipinski definition) is 1. The van der Waals surface area contributed by atoms with E-state index in [9.17, 15) is 4.79 Å². The number of halogens is 1. The van der Waals surface area contributed by atoms with Crippen LogP contribution in [0.3, 0.4) is 0 Å². The van der Waals surface area contributed by atoms with Gasteiger partial charge in [0.2, 0.25) is 5.91 Å². The van der Waals surface area contributed by atoms with E-state index in [-0.39, 0.29) is 5.91 Å². The van der Waals surface area contributed by atoms with Crippen molar-refractivity contribution in [3.63, 3.8) is 0 Å². The lowest BCUT2D eigenvalue weighted by atomic mass is 9.69. The lowest BCUT2D eigenvalue weighted by Crippen LogP contribution is -2.40. The fourth-order valence-electron chi connectivity index (χ4n) is 1.89. The summed E-state index contributed by atoms with van der Waals surface area (Å²) in [6, 6.07) is 7.86.